The maximum atomic E-state index is 13.7. The van der Waals surface area contributed by atoms with E-state index in [9.17, 15) is 39.6 Å². The predicted octanol–water partition coefficient (Wildman–Crippen LogP) is 4.33. The third-order valence-electron chi connectivity index (χ3n) is 4.94. The Morgan fingerprint density at radius 2 is 1.61 bits per heavy atom. The molecule has 0 aliphatic carbocycles. The van der Waals surface area contributed by atoms with Crippen molar-refractivity contribution in [2.45, 2.75) is 17.2 Å². The van der Waals surface area contributed by atoms with Crippen LogP contribution in [0.5, 0.6) is 0 Å². The summed E-state index contributed by atoms with van der Waals surface area (Å²) in [5, 5.41) is 11.0. The number of aromatic nitrogens is 3. The number of hydrogen-bond donors (Lipinski definition) is 2. The highest BCUT2D eigenvalue weighted by Gasteiger charge is 2.36. The van der Waals surface area contributed by atoms with Crippen molar-refractivity contribution >= 4 is 27.3 Å². The van der Waals surface area contributed by atoms with E-state index in [1.165, 1.54) is 18.2 Å². The van der Waals surface area contributed by atoms with Gasteiger partial charge < -0.3 is 5.32 Å². The zero-order valence-electron chi connectivity index (χ0n) is 17.6. The van der Waals surface area contributed by atoms with Gasteiger partial charge in [0.1, 0.15) is 5.56 Å². The van der Waals surface area contributed by atoms with Gasteiger partial charge in [0.25, 0.3) is 5.91 Å². The van der Waals surface area contributed by atoms with Gasteiger partial charge in [0, 0.05) is 11.3 Å². The van der Waals surface area contributed by atoms with Crippen molar-refractivity contribution in [3.8, 4) is 11.3 Å². The number of rotatable bonds is 4. The molecule has 15 heteroatoms. The number of sulfonamides is 1. The molecule has 188 valence electrons. The lowest BCUT2D eigenvalue weighted by atomic mass is 10.1. The van der Waals surface area contributed by atoms with E-state index < -0.39 is 50.8 Å². The first kappa shape index (κ1) is 25.1. The number of nitrogens with one attached hydrogen (secondary N) is 1. The molecule has 0 bridgehead atoms. The molecule has 36 heavy (non-hydrogen) atoms. The summed E-state index contributed by atoms with van der Waals surface area (Å²) >= 11 is 0. The molecule has 0 radical (unpaired) electrons. The van der Waals surface area contributed by atoms with Crippen LogP contribution in [0.25, 0.3) is 16.9 Å². The second-order valence-electron chi connectivity index (χ2n) is 7.42. The molecule has 2 aromatic heterocycles. The van der Waals surface area contributed by atoms with E-state index in [-0.39, 0.29) is 21.8 Å². The Morgan fingerprint density at radius 1 is 0.944 bits per heavy atom. The molecule has 0 saturated carbocycles. The number of carbonyl (C=O) groups is 1. The zero-order chi connectivity index (χ0) is 26.5. The fourth-order valence-electron chi connectivity index (χ4n) is 3.25. The lowest BCUT2D eigenvalue weighted by Crippen LogP contribution is -2.16. The number of primary sulfonamides is 1. The van der Waals surface area contributed by atoms with Crippen LogP contribution in [-0.2, 0) is 22.4 Å². The molecule has 4 rings (SSSR count). The summed E-state index contributed by atoms with van der Waals surface area (Å²) in [6.45, 7) is 0. The molecule has 2 aromatic carbocycles. The average Bonchev–Trinajstić information content (AvgIpc) is 3.21. The van der Waals surface area contributed by atoms with Gasteiger partial charge in [0.2, 0.25) is 10.0 Å². The highest BCUT2D eigenvalue weighted by Crippen LogP contribution is 2.34. The Kier molecular flexibility index (Phi) is 6.00. The van der Waals surface area contributed by atoms with Crippen LogP contribution in [0.4, 0.5) is 32.0 Å². The monoisotopic (exact) mass is 529 g/mol. The number of alkyl halides is 6. The largest absolute Gasteiger partial charge is 0.433 e. The molecule has 8 nitrogen and oxygen atoms in total. The van der Waals surface area contributed by atoms with E-state index in [1.54, 1.807) is 0 Å². The summed E-state index contributed by atoms with van der Waals surface area (Å²) in [6.07, 6.45) is -8.78. The maximum absolute atomic E-state index is 13.7. The summed E-state index contributed by atoms with van der Waals surface area (Å²) < 4.78 is 103. The van der Waals surface area contributed by atoms with Gasteiger partial charge >= 0.3 is 12.4 Å². The maximum Gasteiger partial charge on any atom is 0.433 e. The van der Waals surface area contributed by atoms with Crippen molar-refractivity contribution in [2.24, 2.45) is 5.14 Å². The van der Waals surface area contributed by atoms with Crippen LogP contribution in [-0.4, -0.2) is 28.9 Å². The number of nitrogens with two attached hydrogens (primary N) is 1. The standard InChI is InChI=1S/C21H13F6N5O3S/c22-20(23,24)12-6-4-11(5-7-12)16-9-17(21(25,26)27)32-18(31-16)15(10-29-32)19(33)30-13-2-1-3-14(8-13)36(28,34)35/h1-10H,(H,30,33)(H2,28,34,35). The Labute approximate surface area is 198 Å². The number of anilines is 1. The molecule has 1 amide bonds. The van der Waals surface area contributed by atoms with Crippen molar-refractivity contribution < 1.29 is 39.6 Å². The first-order valence-corrected chi connectivity index (χ1v) is 11.3. The average molecular weight is 529 g/mol. The van der Waals surface area contributed by atoms with Gasteiger partial charge in [-0.2, -0.15) is 31.4 Å². The summed E-state index contributed by atoms with van der Waals surface area (Å²) in [7, 11) is -4.10. The molecule has 0 saturated heterocycles. The predicted molar refractivity (Wildman–Crippen MR) is 114 cm³/mol. The lowest BCUT2D eigenvalue weighted by molar-refractivity contribution is -0.142. The fraction of sp³-hybridized carbons (Fsp3) is 0.0952. The summed E-state index contributed by atoms with van der Waals surface area (Å²) in [5.74, 6) is -0.971. The van der Waals surface area contributed by atoms with E-state index in [4.69, 9.17) is 5.14 Å². The molecule has 0 unspecified atom stereocenters. The first-order valence-electron chi connectivity index (χ1n) is 9.72. The number of amides is 1. The second kappa shape index (κ2) is 8.60. The normalized spacial score (nSPS) is 12.6. The van der Waals surface area contributed by atoms with Crippen LogP contribution < -0.4 is 10.5 Å². The Morgan fingerprint density at radius 3 is 2.19 bits per heavy atom. The van der Waals surface area contributed by atoms with E-state index >= 15 is 0 Å². The number of halogens is 6. The van der Waals surface area contributed by atoms with E-state index in [0.29, 0.717) is 22.7 Å². The van der Waals surface area contributed by atoms with Gasteiger partial charge in [-0.3, -0.25) is 4.79 Å². The molecule has 0 spiro atoms. The molecule has 0 aliphatic rings. The number of hydrogen-bond acceptors (Lipinski definition) is 5. The molecule has 4 aromatic rings. The van der Waals surface area contributed by atoms with E-state index in [2.05, 4.69) is 15.4 Å². The van der Waals surface area contributed by atoms with E-state index in [1.807, 2.05) is 0 Å². The minimum atomic E-state index is -4.95. The van der Waals surface area contributed by atoms with Crippen molar-refractivity contribution in [2.75, 3.05) is 5.32 Å². The SMILES string of the molecule is NS(=O)(=O)c1cccc(NC(=O)c2cnn3c(C(F)(F)F)cc(-c4ccc(C(F)(F)F)cc4)nc23)c1. The van der Waals surface area contributed by atoms with Crippen LogP contribution >= 0.6 is 0 Å². The Bertz CT molecular complexity index is 1580. The van der Waals surface area contributed by atoms with Gasteiger partial charge in [0.15, 0.2) is 11.3 Å². The van der Waals surface area contributed by atoms with Crippen LogP contribution in [0.2, 0.25) is 0 Å². The minimum absolute atomic E-state index is 0.0270. The molecule has 0 aliphatic heterocycles. The fourth-order valence-corrected chi connectivity index (χ4v) is 3.81. The van der Waals surface area contributed by atoms with E-state index in [0.717, 1.165) is 24.4 Å². The summed E-state index contributed by atoms with van der Waals surface area (Å²) in [5.41, 5.74) is -3.71. The topological polar surface area (TPSA) is 119 Å². The van der Waals surface area contributed by atoms with Crippen LogP contribution in [0.15, 0.2) is 65.7 Å². The van der Waals surface area contributed by atoms with Gasteiger partial charge in [-0.15, -0.1) is 0 Å². The van der Waals surface area contributed by atoms with Crippen LogP contribution in [0.1, 0.15) is 21.6 Å². The van der Waals surface area contributed by atoms with Crippen LogP contribution in [0.3, 0.4) is 0 Å². The highest BCUT2D eigenvalue weighted by atomic mass is 32.2. The highest BCUT2D eigenvalue weighted by molar-refractivity contribution is 7.89. The van der Waals surface area contributed by atoms with Crippen molar-refractivity contribution in [1.82, 2.24) is 14.6 Å². The minimum Gasteiger partial charge on any atom is -0.322 e. The Balaban J connectivity index is 1.80. The summed E-state index contributed by atoms with van der Waals surface area (Å²) in [4.78, 5) is 16.5. The molecule has 3 N–H and O–H groups in total. The third kappa shape index (κ3) is 5.01. The number of carbonyl (C=O) groups excluding carboxylic acids is 1. The smallest absolute Gasteiger partial charge is 0.322 e. The van der Waals surface area contributed by atoms with Gasteiger partial charge in [-0.1, -0.05) is 18.2 Å². The quantitative estimate of drug-likeness (QED) is 0.382. The molecule has 0 atom stereocenters. The number of benzene rings is 2. The van der Waals surface area contributed by atoms with Crippen molar-refractivity contribution in [1.29, 1.82) is 0 Å². The third-order valence-corrected chi connectivity index (χ3v) is 5.85. The van der Waals surface area contributed by atoms with Gasteiger partial charge in [-0.05, 0) is 36.4 Å². The number of nitrogens with zero attached hydrogens (tertiary/aromatic N) is 3. The summed E-state index contributed by atoms with van der Waals surface area (Å²) in [6, 6.07) is 8.71. The first-order chi connectivity index (χ1) is 16.6. The van der Waals surface area contributed by atoms with Crippen molar-refractivity contribution in [3.05, 3.63) is 77.6 Å². The molecular formula is C21H13F6N5O3S. The van der Waals surface area contributed by atoms with Crippen LogP contribution in [0, 0.1) is 0 Å². The second-order valence-corrected chi connectivity index (χ2v) is 8.98. The molecule has 2 heterocycles. The zero-order valence-corrected chi connectivity index (χ0v) is 18.4. The lowest BCUT2D eigenvalue weighted by Gasteiger charge is -2.12. The van der Waals surface area contributed by atoms with Gasteiger partial charge in [-0.25, -0.2) is 23.1 Å². The molecule has 0 fully saturated rings. The Hall–Kier alpha value is -3.98. The van der Waals surface area contributed by atoms with Crippen molar-refractivity contribution in [3.63, 3.8) is 0 Å². The van der Waals surface area contributed by atoms with Gasteiger partial charge in [0.05, 0.1) is 22.3 Å². The molecular weight excluding hydrogens is 516 g/mol. The number of fused-ring (bicyclic) bond motifs is 1.